The summed E-state index contributed by atoms with van der Waals surface area (Å²) in [4.78, 5) is 39.4. The highest BCUT2D eigenvalue weighted by Crippen LogP contribution is 2.40. The standard InChI is InChI=1S/C31H41N3O7/c1-8-39-25-15-20-17-34(29(32)21(20)16-22(25)30(37)33-6)18-24(35)19-13-23(31(3,4)5)28(38-7)26(14-19)41-12-10-11-27(36)40-9-2/h13-16,32H,8-12,17-18H2,1-7H3,(H,33,37). The van der Waals surface area contributed by atoms with Gasteiger partial charge in [0.05, 0.1) is 39.0 Å². The van der Waals surface area contributed by atoms with E-state index in [0.29, 0.717) is 60.1 Å². The Labute approximate surface area is 241 Å². The van der Waals surface area contributed by atoms with Crippen LogP contribution in [-0.2, 0) is 21.5 Å². The van der Waals surface area contributed by atoms with Gasteiger partial charge in [-0.1, -0.05) is 20.8 Å². The first kappa shape index (κ1) is 31.4. The van der Waals surface area contributed by atoms with Gasteiger partial charge in [-0.15, -0.1) is 0 Å². The van der Waals surface area contributed by atoms with E-state index in [1.54, 1.807) is 44.2 Å². The monoisotopic (exact) mass is 567 g/mol. The van der Waals surface area contributed by atoms with Crippen molar-refractivity contribution < 1.29 is 33.3 Å². The summed E-state index contributed by atoms with van der Waals surface area (Å²) >= 11 is 0. The topological polar surface area (TPSA) is 127 Å². The number of ether oxygens (including phenoxy) is 4. The van der Waals surface area contributed by atoms with Gasteiger partial charge in [0, 0.05) is 36.7 Å². The molecule has 1 heterocycles. The number of nitrogens with one attached hydrogen (secondary N) is 2. The molecule has 10 heteroatoms. The molecule has 0 spiro atoms. The number of ketones is 1. The van der Waals surface area contributed by atoms with Gasteiger partial charge in [0.2, 0.25) is 0 Å². The fraction of sp³-hybridized carbons (Fsp3) is 0.484. The van der Waals surface area contributed by atoms with Crippen LogP contribution in [0.15, 0.2) is 24.3 Å². The predicted molar refractivity (Wildman–Crippen MR) is 156 cm³/mol. The number of fused-ring (bicyclic) bond motifs is 1. The quantitative estimate of drug-likeness (QED) is 0.206. The smallest absolute Gasteiger partial charge is 0.305 e. The lowest BCUT2D eigenvalue weighted by atomic mass is 9.84. The molecule has 1 amide bonds. The van der Waals surface area contributed by atoms with E-state index >= 15 is 0 Å². The molecule has 0 saturated carbocycles. The van der Waals surface area contributed by atoms with E-state index in [-0.39, 0.29) is 48.5 Å². The molecule has 0 saturated heterocycles. The average Bonchev–Trinajstić information content (AvgIpc) is 3.23. The zero-order valence-corrected chi connectivity index (χ0v) is 25.1. The highest BCUT2D eigenvalue weighted by molar-refractivity contribution is 6.07. The van der Waals surface area contributed by atoms with E-state index in [1.807, 2.05) is 33.8 Å². The molecule has 1 aliphatic heterocycles. The number of nitrogens with zero attached hydrogens (tertiary/aromatic N) is 1. The van der Waals surface area contributed by atoms with Gasteiger partial charge in [-0.25, -0.2) is 0 Å². The van der Waals surface area contributed by atoms with Crippen LogP contribution < -0.4 is 19.5 Å². The Kier molecular flexibility index (Phi) is 10.4. The summed E-state index contributed by atoms with van der Waals surface area (Å²) in [6.45, 7) is 10.9. The summed E-state index contributed by atoms with van der Waals surface area (Å²) in [6, 6.07) is 6.90. The lowest BCUT2D eigenvalue weighted by molar-refractivity contribution is -0.143. The molecule has 0 atom stereocenters. The van der Waals surface area contributed by atoms with Crippen LogP contribution in [0.5, 0.6) is 17.2 Å². The van der Waals surface area contributed by atoms with Crippen molar-refractivity contribution in [1.82, 2.24) is 10.2 Å². The van der Waals surface area contributed by atoms with Crippen molar-refractivity contribution in [3.63, 3.8) is 0 Å². The van der Waals surface area contributed by atoms with Gasteiger partial charge >= 0.3 is 5.97 Å². The molecule has 10 nitrogen and oxygen atoms in total. The van der Waals surface area contributed by atoms with Crippen molar-refractivity contribution in [3.8, 4) is 17.2 Å². The van der Waals surface area contributed by atoms with Crippen molar-refractivity contribution in [2.45, 2.75) is 59.4 Å². The van der Waals surface area contributed by atoms with Crippen molar-refractivity contribution in [2.75, 3.05) is 40.5 Å². The number of esters is 1. The Morgan fingerprint density at radius 1 is 1.02 bits per heavy atom. The highest BCUT2D eigenvalue weighted by Gasteiger charge is 2.31. The molecular formula is C31H41N3O7. The number of methoxy groups -OCH3 is 1. The van der Waals surface area contributed by atoms with E-state index in [4.69, 9.17) is 24.4 Å². The fourth-order valence-electron chi connectivity index (χ4n) is 4.68. The Bertz CT molecular complexity index is 1310. The van der Waals surface area contributed by atoms with Crippen molar-refractivity contribution >= 4 is 23.5 Å². The van der Waals surface area contributed by atoms with Crippen LogP contribution in [-0.4, -0.2) is 68.9 Å². The van der Waals surface area contributed by atoms with Crippen LogP contribution in [0.4, 0.5) is 0 Å². The summed E-state index contributed by atoms with van der Waals surface area (Å²) < 4.78 is 22.4. The molecule has 2 aromatic rings. The molecule has 41 heavy (non-hydrogen) atoms. The van der Waals surface area contributed by atoms with Crippen LogP contribution in [0.2, 0.25) is 0 Å². The summed E-state index contributed by atoms with van der Waals surface area (Å²) in [7, 11) is 3.10. The lowest BCUT2D eigenvalue weighted by Gasteiger charge is -2.25. The van der Waals surface area contributed by atoms with Crippen LogP contribution in [0.1, 0.15) is 84.9 Å². The molecule has 0 radical (unpaired) electrons. The minimum atomic E-state index is -0.354. The number of hydrogen-bond acceptors (Lipinski definition) is 8. The number of carbonyl (C=O) groups is 3. The molecule has 0 aliphatic carbocycles. The molecule has 0 fully saturated rings. The largest absolute Gasteiger partial charge is 0.493 e. The van der Waals surface area contributed by atoms with Crippen molar-refractivity contribution in [1.29, 1.82) is 5.41 Å². The maximum Gasteiger partial charge on any atom is 0.305 e. The molecule has 222 valence electrons. The molecule has 2 aromatic carbocycles. The number of Topliss-reactive ketones (excluding diaryl/α,β-unsaturated/α-hetero) is 1. The summed E-state index contributed by atoms with van der Waals surface area (Å²) in [5.41, 5.74) is 2.64. The minimum Gasteiger partial charge on any atom is -0.493 e. The van der Waals surface area contributed by atoms with E-state index in [1.165, 1.54) is 0 Å². The molecule has 3 rings (SSSR count). The minimum absolute atomic E-state index is 0.0367. The van der Waals surface area contributed by atoms with Gasteiger partial charge < -0.3 is 29.2 Å². The third-order valence-electron chi connectivity index (χ3n) is 6.72. The number of carbonyl (C=O) groups excluding carboxylic acids is 3. The zero-order valence-electron chi connectivity index (χ0n) is 25.1. The van der Waals surface area contributed by atoms with Gasteiger partial charge in [-0.05, 0) is 55.5 Å². The van der Waals surface area contributed by atoms with Gasteiger partial charge in [0.25, 0.3) is 5.91 Å². The van der Waals surface area contributed by atoms with Gasteiger partial charge in [0.15, 0.2) is 17.3 Å². The van der Waals surface area contributed by atoms with Crippen LogP contribution in [0.25, 0.3) is 0 Å². The zero-order chi connectivity index (χ0) is 30.3. The van der Waals surface area contributed by atoms with E-state index in [0.717, 1.165) is 11.1 Å². The van der Waals surface area contributed by atoms with Gasteiger partial charge in [-0.3, -0.25) is 19.8 Å². The first-order valence-corrected chi connectivity index (χ1v) is 13.8. The number of amides is 1. The fourth-order valence-corrected chi connectivity index (χ4v) is 4.68. The van der Waals surface area contributed by atoms with Crippen LogP contribution in [0, 0.1) is 5.41 Å². The number of amidine groups is 1. The van der Waals surface area contributed by atoms with E-state index < -0.39 is 0 Å². The predicted octanol–water partition coefficient (Wildman–Crippen LogP) is 4.50. The molecule has 1 aliphatic rings. The molecule has 0 aromatic heterocycles. The summed E-state index contributed by atoms with van der Waals surface area (Å²) in [5.74, 6) is 0.792. The van der Waals surface area contributed by atoms with Crippen LogP contribution >= 0.6 is 0 Å². The maximum atomic E-state index is 13.6. The molecular weight excluding hydrogens is 526 g/mol. The first-order valence-electron chi connectivity index (χ1n) is 13.8. The third-order valence-corrected chi connectivity index (χ3v) is 6.72. The highest BCUT2D eigenvalue weighted by atomic mass is 16.5. The molecule has 0 unspecified atom stereocenters. The van der Waals surface area contributed by atoms with E-state index in [9.17, 15) is 14.4 Å². The Balaban J connectivity index is 1.86. The molecule has 2 N–H and O–H groups in total. The van der Waals surface area contributed by atoms with Gasteiger partial charge in [-0.2, -0.15) is 0 Å². The van der Waals surface area contributed by atoms with Gasteiger partial charge in [0.1, 0.15) is 11.6 Å². The van der Waals surface area contributed by atoms with Crippen LogP contribution in [0.3, 0.4) is 0 Å². The Morgan fingerprint density at radius 3 is 2.37 bits per heavy atom. The molecule has 0 bridgehead atoms. The van der Waals surface area contributed by atoms with Crippen molar-refractivity contribution in [3.05, 3.63) is 52.1 Å². The SMILES string of the molecule is CCOC(=O)CCCOc1cc(C(=O)CN2Cc3cc(OCC)c(C(=O)NC)cc3C2=N)cc(C(C)(C)C)c1OC. The normalized spacial score (nSPS) is 12.6. The van der Waals surface area contributed by atoms with Crippen molar-refractivity contribution in [2.24, 2.45) is 0 Å². The summed E-state index contributed by atoms with van der Waals surface area (Å²) in [6.07, 6.45) is 0.682. The number of rotatable bonds is 13. The number of hydrogen-bond donors (Lipinski definition) is 2. The maximum absolute atomic E-state index is 13.6. The average molecular weight is 568 g/mol. The second-order valence-corrected chi connectivity index (χ2v) is 10.7. The second kappa shape index (κ2) is 13.5. The van der Waals surface area contributed by atoms with E-state index in [2.05, 4.69) is 5.32 Å². The Hall–Kier alpha value is -4.08. The number of benzene rings is 2. The first-order chi connectivity index (χ1) is 19.4. The Morgan fingerprint density at radius 2 is 1.76 bits per heavy atom. The summed E-state index contributed by atoms with van der Waals surface area (Å²) in [5, 5.41) is 11.4. The third kappa shape index (κ3) is 7.36. The second-order valence-electron chi connectivity index (χ2n) is 10.7. The lowest BCUT2D eigenvalue weighted by Crippen LogP contribution is -2.30.